The Morgan fingerprint density at radius 3 is 2.55 bits per heavy atom. The highest BCUT2D eigenvalue weighted by Crippen LogP contribution is 2.41. The van der Waals surface area contributed by atoms with E-state index < -0.39 is 0 Å². The van der Waals surface area contributed by atoms with Crippen molar-refractivity contribution in [1.29, 1.82) is 0 Å². The van der Waals surface area contributed by atoms with Gasteiger partial charge in [0.2, 0.25) is 0 Å². The summed E-state index contributed by atoms with van der Waals surface area (Å²) in [5.74, 6) is 0.607. The van der Waals surface area contributed by atoms with Gasteiger partial charge in [0.15, 0.2) is 0 Å². The molecule has 2 aliphatic heterocycles. The van der Waals surface area contributed by atoms with Crippen LogP contribution < -0.4 is 11.1 Å². The van der Waals surface area contributed by atoms with E-state index in [9.17, 15) is 0 Å². The minimum Gasteiger partial charge on any atom is -0.398 e. The van der Waals surface area contributed by atoms with Crippen LogP contribution in [0.2, 0.25) is 0 Å². The van der Waals surface area contributed by atoms with Crippen molar-refractivity contribution in [2.45, 2.75) is 18.9 Å². The normalized spacial score (nSPS) is 22.6. The Morgan fingerprint density at radius 1 is 1.18 bits per heavy atom. The van der Waals surface area contributed by atoms with E-state index in [1.165, 1.54) is 5.56 Å². The molecule has 3 rings (SSSR count). The lowest BCUT2D eigenvalue weighted by molar-refractivity contribution is 0.0215. The van der Waals surface area contributed by atoms with Gasteiger partial charge < -0.3 is 15.8 Å². The fourth-order valence-electron chi connectivity index (χ4n) is 3.59. The molecular weight excluding hydrogens is 410 g/mol. The number of piperazine rings is 1. The summed E-state index contributed by atoms with van der Waals surface area (Å²) < 4.78 is 7.63. The van der Waals surface area contributed by atoms with Crippen molar-refractivity contribution >= 4 is 37.5 Å². The summed E-state index contributed by atoms with van der Waals surface area (Å²) in [6.07, 6.45) is 2.22. The summed E-state index contributed by atoms with van der Waals surface area (Å²) >= 11 is 7.23. The van der Waals surface area contributed by atoms with Crippen LogP contribution in [0.3, 0.4) is 0 Å². The minimum atomic E-state index is 0.375. The van der Waals surface area contributed by atoms with Gasteiger partial charge in [-0.15, -0.1) is 0 Å². The molecule has 1 atom stereocenters. The van der Waals surface area contributed by atoms with Crippen molar-refractivity contribution in [1.82, 2.24) is 10.2 Å². The van der Waals surface area contributed by atoms with Crippen LogP contribution in [0, 0.1) is 5.92 Å². The zero-order valence-corrected chi connectivity index (χ0v) is 15.8. The number of hydrogen-bond donors (Lipinski definition) is 2. The molecule has 0 saturated carbocycles. The first-order chi connectivity index (χ1) is 10.7. The molecule has 4 nitrogen and oxygen atoms in total. The molecule has 0 spiro atoms. The van der Waals surface area contributed by atoms with Gasteiger partial charge in [0, 0.05) is 54.4 Å². The third-order valence-corrected chi connectivity index (χ3v) is 5.82. The molecule has 6 heteroatoms. The lowest BCUT2D eigenvalue weighted by Crippen LogP contribution is -2.47. The van der Waals surface area contributed by atoms with Crippen molar-refractivity contribution < 1.29 is 4.74 Å². The summed E-state index contributed by atoms with van der Waals surface area (Å²) in [4.78, 5) is 2.59. The van der Waals surface area contributed by atoms with Crippen LogP contribution >= 0.6 is 31.9 Å². The highest BCUT2D eigenvalue weighted by atomic mass is 79.9. The quantitative estimate of drug-likeness (QED) is 0.720. The molecule has 0 bridgehead atoms. The molecule has 0 amide bonds. The molecule has 0 aliphatic carbocycles. The fraction of sp³-hybridized carbons (Fsp3) is 0.625. The Morgan fingerprint density at radius 2 is 1.86 bits per heavy atom. The zero-order valence-electron chi connectivity index (χ0n) is 12.7. The van der Waals surface area contributed by atoms with Crippen molar-refractivity contribution in [3.8, 4) is 0 Å². The molecule has 1 aromatic carbocycles. The maximum absolute atomic E-state index is 6.42. The first kappa shape index (κ1) is 16.7. The number of rotatable bonds is 3. The van der Waals surface area contributed by atoms with Crippen LogP contribution in [0.5, 0.6) is 0 Å². The molecule has 2 aliphatic rings. The summed E-state index contributed by atoms with van der Waals surface area (Å²) in [6.45, 7) is 5.98. The van der Waals surface area contributed by atoms with E-state index in [-0.39, 0.29) is 0 Å². The molecule has 2 heterocycles. The summed E-state index contributed by atoms with van der Waals surface area (Å²) in [6, 6.07) is 4.60. The first-order valence-electron chi connectivity index (χ1n) is 7.93. The molecular formula is C16H23Br2N3O. The van der Waals surface area contributed by atoms with Gasteiger partial charge in [-0.2, -0.15) is 0 Å². The number of hydrogen-bond acceptors (Lipinski definition) is 4. The third kappa shape index (κ3) is 3.67. The van der Waals surface area contributed by atoms with Gasteiger partial charge in [-0.1, -0.05) is 15.9 Å². The maximum atomic E-state index is 6.42. The van der Waals surface area contributed by atoms with E-state index in [1.54, 1.807) is 0 Å². The molecule has 0 unspecified atom stereocenters. The number of nitrogens with two attached hydrogens (primary N) is 1. The van der Waals surface area contributed by atoms with E-state index in [0.717, 1.165) is 66.9 Å². The highest BCUT2D eigenvalue weighted by Gasteiger charge is 2.33. The van der Waals surface area contributed by atoms with Gasteiger partial charge in [0.25, 0.3) is 0 Å². The number of benzene rings is 1. The SMILES string of the molecule is Nc1c(Br)cc(Br)cc1[C@H](C1CCOCC1)N1CCNCC1. The predicted octanol–water partition coefficient (Wildman–Crippen LogP) is 3.17. The Hall–Kier alpha value is -0.140. The smallest absolute Gasteiger partial charge is 0.0507 e. The third-order valence-electron chi connectivity index (χ3n) is 4.70. The van der Waals surface area contributed by atoms with Crippen molar-refractivity contribution in [2.75, 3.05) is 45.1 Å². The van der Waals surface area contributed by atoms with Gasteiger partial charge in [-0.3, -0.25) is 4.90 Å². The molecule has 3 N–H and O–H groups in total. The summed E-state index contributed by atoms with van der Waals surface area (Å²) in [7, 11) is 0. The molecule has 2 fully saturated rings. The first-order valence-corrected chi connectivity index (χ1v) is 9.52. The second kappa shape index (κ2) is 7.62. The predicted molar refractivity (Wildman–Crippen MR) is 97.0 cm³/mol. The Kier molecular flexibility index (Phi) is 5.79. The molecule has 2 saturated heterocycles. The fourth-order valence-corrected chi connectivity index (χ4v) is 4.85. The van der Waals surface area contributed by atoms with Crippen LogP contribution in [0.1, 0.15) is 24.4 Å². The molecule has 1 aromatic rings. The van der Waals surface area contributed by atoms with Gasteiger partial charge in [0.05, 0.1) is 5.69 Å². The topological polar surface area (TPSA) is 50.5 Å². The van der Waals surface area contributed by atoms with Crippen molar-refractivity contribution in [3.63, 3.8) is 0 Å². The molecule has 0 radical (unpaired) electrons. The number of anilines is 1. The standard InChI is InChI=1S/C16H23Br2N3O/c17-12-9-13(15(19)14(18)10-12)16(11-1-7-22-8-2-11)21-5-3-20-4-6-21/h9-11,16,20H,1-8,19H2/t16-/m0/s1. The van der Waals surface area contributed by atoms with Crippen molar-refractivity contribution in [2.24, 2.45) is 5.92 Å². The van der Waals surface area contributed by atoms with E-state index >= 15 is 0 Å². The van der Waals surface area contributed by atoms with Crippen LogP contribution in [0.25, 0.3) is 0 Å². The Labute approximate surface area is 149 Å². The van der Waals surface area contributed by atoms with Crippen molar-refractivity contribution in [3.05, 3.63) is 26.6 Å². The van der Waals surface area contributed by atoms with Crippen LogP contribution in [-0.4, -0.2) is 44.3 Å². The van der Waals surface area contributed by atoms with Gasteiger partial charge >= 0.3 is 0 Å². The van der Waals surface area contributed by atoms with Gasteiger partial charge in [-0.25, -0.2) is 0 Å². The number of nitrogens with one attached hydrogen (secondary N) is 1. The lowest BCUT2D eigenvalue weighted by atomic mass is 9.85. The van der Waals surface area contributed by atoms with Crippen LogP contribution in [0.4, 0.5) is 5.69 Å². The largest absolute Gasteiger partial charge is 0.398 e. The minimum absolute atomic E-state index is 0.375. The van der Waals surface area contributed by atoms with E-state index in [1.807, 2.05) is 6.07 Å². The molecule has 122 valence electrons. The summed E-state index contributed by atoms with van der Waals surface area (Å²) in [5.41, 5.74) is 8.54. The highest BCUT2D eigenvalue weighted by molar-refractivity contribution is 9.11. The average Bonchev–Trinajstić information content (AvgIpc) is 2.54. The number of nitrogens with zero attached hydrogens (tertiary/aromatic N) is 1. The Balaban J connectivity index is 1.96. The van der Waals surface area contributed by atoms with Gasteiger partial charge in [-0.05, 0) is 52.4 Å². The second-order valence-corrected chi connectivity index (χ2v) is 7.84. The number of halogens is 2. The van der Waals surface area contributed by atoms with Gasteiger partial charge in [0.1, 0.15) is 0 Å². The van der Waals surface area contributed by atoms with Crippen LogP contribution in [0.15, 0.2) is 21.1 Å². The molecule has 0 aromatic heterocycles. The average molecular weight is 433 g/mol. The second-order valence-electron chi connectivity index (χ2n) is 6.07. The van der Waals surface area contributed by atoms with E-state index in [2.05, 4.69) is 48.1 Å². The molecule has 22 heavy (non-hydrogen) atoms. The number of ether oxygens (including phenoxy) is 1. The Bertz CT molecular complexity index is 496. The number of nitrogen functional groups attached to an aromatic ring is 1. The van der Waals surface area contributed by atoms with E-state index in [4.69, 9.17) is 10.5 Å². The maximum Gasteiger partial charge on any atom is 0.0507 e. The lowest BCUT2D eigenvalue weighted by Gasteiger charge is -2.41. The zero-order chi connectivity index (χ0) is 15.5. The van der Waals surface area contributed by atoms with E-state index in [0.29, 0.717) is 12.0 Å². The monoisotopic (exact) mass is 431 g/mol. The van der Waals surface area contributed by atoms with Crippen LogP contribution in [-0.2, 0) is 4.74 Å². The summed E-state index contributed by atoms with van der Waals surface area (Å²) in [5, 5.41) is 3.45.